The van der Waals surface area contributed by atoms with E-state index < -0.39 is 6.10 Å². The minimum Gasteiger partial charge on any atom is -0.480 e. The Morgan fingerprint density at radius 3 is 2.92 bits per heavy atom. The van der Waals surface area contributed by atoms with Gasteiger partial charge in [-0.15, -0.1) is 0 Å². The molecule has 0 spiro atoms. The lowest BCUT2D eigenvalue weighted by molar-refractivity contribution is -0.127. The van der Waals surface area contributed by atoms with E-state index in [1.807, 2.05) is 24.3 Å². The van der Waals surface area contributed by atoms with Crippen LogP contribution in [-0.2, 0) is 24.2 Å². The van der Waals surface area contributed by atoms with Gasteiger partial charge < -0.3 is 15.0 Å². The molecule has 0 saturated carbocycles. The number of carbonyl (C=O) groups excluding carboxylic acids is 1. The zero-order valence-electron chi connectivity index (χ0n) is 14.6. The van der Waals surface area contributed by atoms with Crippen LogP contribution in [0.3, 0.4) is 0 Å². The van der Waals surface area contributed by atoms with Gasteiger partial charge in [0.1, 0.15) is 5.75 Å². The molecular weight excluding hydrogens is 312 g/mol. The Kier molecular flexibility index (Phi) is 3.96. The Bertz CT molecular complexity index is 917. The molecule has 25 heavy (non-hydrogen) atoms. The van der Waals surface area contributed by atoms with E-state index in [2.05, 4.69) is 42.3 Å². The summed E-state index contributed by atoms with van der Waals surface area (Å²) in [6.45, 7) is 4.80. The van der Waals surface area contributed by atoms with Crippen LogP contribution in [0.15, 0.2) is 42.5 Å². The van der Waals surface area contributed by atoms with Gasteiger partial charge in [-0.25, -0.2) is 0 Å². The summed E-state index contributed by atoms with van der Waals surface area (Å²) in [7, 11) is 0. The maximum atomic E-state index is 12.4. The van der Waals surface area contributed by atoms with E-state index in [9.17, 15) is 4.79 Å². The van der Waals surface area contributed by atoms with Crippen molar-refractivity contribution >= 4 is 16.8 Å². The second-order valence-corrected chi connectivity index (χ2v) is 6.60. The van der Waals surface area contributed by atoms with Gasteiger partial charge in [0.2, 0.25) is 0 Å². The zero-order chi connectivity index (χ0) is 17.4. The highest BCUT2D eigenvalue weighted by atomic mass is 16.5. The summed E-state index contributed by atoms with van der Waals surface area (Å²) < 4.78 is 5.75. The van der Waals surface area contributed by atoms with Crippen molar-refractivity contribution in [1.29, 1.82) is 0 Å². The lowest BCUT2D eigenvalue weighted by Crippen LogP contribution is -2.37. The molecule has 1 aliphatic heterocycles. The molecule has 4 rings (SSSR count). The van der Waals surface area contributed by atoms with Crippen LogP contribution in [0.4, 0.5) is 0 Å². The number of benzene rings is 2. The van der Waals surface area contributed by atoms with E-state index in [4.69, 9.17) is 4.74 Å². The molecule has 0 fully saturated rings. The SMILES string of the molecule is CCc1[nH]c2ccc(CNC(=O)[C@H]3Cc4ccccc4O3)cc2c1C. The number of carbonyl (C=O) groups is 1. The summed E-state index contributed by atoms with van der Waals surface area (Å²) in [5.74, 6) is 0.760. The van der Waals surface area contributed by atoms with E-state index in [-0.39, 0.29) is 5.91 Å². The van der Waals surface area contributed by atoms with E-state index >= 15 is 0 Å². The van der Waals surface area contributed by atoms with Gasteiger partial charge in [-0.1, -0.05) is 31.2 Å². The van der Waals surface area contributed by atoms with Crippen LogP contribution in [-0.4, -0.2) is 17.0 Å². The van der Waals surface area contributed by atoms with Gasteiger partial charge in [-0.2, -0.15) is 0 Å². The molecule has 3 aromatic rings. The first-order valence-corrected chi connectivity index (χ1v) is 8.78. The molecule has 2 aromatic carbocycles. The Hall–Kier alpha value is -2.75. The molecule has 1 amide bonds. The summed E-state index contributed by atoms with van der Waals surface area (Å²) in [6, 6.07) is 14.1. The Balaban J connectivity index is 1.44. The first kappa shape index (κ1) is 15.8. The predicted octanol–water partition coefficient (Wildman–Crippen LogP) is 3.66. The Morgan fingerprint density at radius 1 is 1.28 bits per heavy atom. The molecule has 0 saturated heterocycles. The summed E-state index contributed by atoms with van der Waals surface area (Å²) in [5.41, 5.74) is 5.91. The van der Waals surface area contributed by atoms with Crippen molar-refractivity contribution in [2.45, 2.75) is 39.3 Å². The average Bonchev–Trinajstić information content (AvgIpc) is 3.21. The minimum atomic E-state index is -0.429. The monoisotopic (exact) mass is 334 g/mol. The summed E-state index contributed by atoms with van der Waals surface area (Å²) in [4.78, 5) is 15.9. The van der Waals surface area contributed by atoms with E-state index in [0.29, 0.717) is 13.0 Å². The normalized spacial score (nSPS) is 15.8. The zero-order valence-corrected chi connectivity index (χ0v) is 14.6. The highest BCUT2D eigenvalue weighted by molar-refractivity contribution is 5.85. The third-order valence-electron chi connectivity index (χ3n) is 4.99. The Morgan fingerprint density at radius 2 is 2.12 bits per heavy atom. The average molecular weight is 334 g/mol. The van der Waals surface area contributed by atoms with Gasteiger partial charge >= 0.3 is 0 Å². The minimum absolute atomic E-state index is 0.0589. The molecule has 4 heteroatoms. The molecule has 0 unspecified atom stereocenters. The fraction of sp³-hybridized carbons (Fsp3) is 0.286. The third kappa shape index (κ3) is 2.88. The van der Waals surface area contributed by atoms with Gasteiger partial charge in [0.25, 0.3) is 5.91 Å². The second kappa shape index (κ2) is 6.28. The predicted molar refractivity (Wildman–Crippen MR) is 98.8 cm³/mol. The molecule has 1 aromatic heterocycles. The van der Waals surface area contributed by atoms with Crippen LogP contribution in [0.2, 0.25) is 0 Å². The van der Waals surface area contributed by atoms with E-state index in [0.717, 1.165) is 28.8 Å². The number of hydrogen-bond donors (Lipinski definition) is 2. The van der Waals surface area contributed by atoms with Crippen molar-refractivity contribution in [3.05, 3.63) is 64.8 Å². The first-order chi connectivity index (χ1) is 12.2. The number of aromatic nitrogens is 1. The number of fused-ring (bicyclic) bond motifs is 2. The van der Waals surface area contributed by atoms with Gasteiger partial charge in [0, 0.05) is 29.6 Å². The standard InChI is InChI=1S/C21H22N2O2/c1-3-17-13(2)16-10-14(8-9-18(16)23-17)12-22-21(24)20-11-15-6-4-5-7-19(15)25-20/h4-10,20,23H,3,11-12H2,1-2H3,(H,22,24)/t20-/m1/s1. The van der Waals surface area contributed by atoms with Gasteiger partial charge in [-0.05, 0) is 48.2 Å². The molecule has 1 atom stereocenters. The molecular formula is C21H22N2O2. The number of ether oxygens (including phenoxy) is 1. The summed E-state index contributed by atoms with van der Waals surface area (Å²) in [6.07, 6.45) is 1.20. The number of nitrogens with one attached hydrogen (secondary N) is 2. The number of hydrogen-bond acceptors (Lipinski definition) is 2. The molecule has 2 N–H and O–H groups in total. The van der Waals surface area contributed by atoms with Crippen LogP contribution in [0.25, 0.3) is 10.9 Å². The van der Waals surface area contributed by atoms with Gasteiger partial charge in [0.05, 0.1) is 0 Å². The molecule has 0 radical (unpaired) electrons. The molecule has 128 valence electrons. The van der Waals surface area contributed by atoms with Gasteiger partial charge in [0.15, 0.2) is 6.10 Å². The quantitative estimate of drug-likeness (QED) is 0.765. The fourth-order valence-electron chi connectivity index (χ4n) is 3.52. The number of aromatic amines is 1. The first-order valence-electron chi connectivity index (χ1n) is 8.78. The number of aryl methyl sites for hydroxylation is 2. The summed E-state index contributed by atoms with van der Waals surface area (Å²) >= 11 is 0. The number of rotatable bonds is 4. The van der Waals surface area contributed by atoms with Crippen LogP contribution >= 0.6 is 0 Å². The molecule has 4 nitrogen and oxygen atoms in total. The van der Waals surface area contributed by atoms with E-state index in [1.165, 1.54) is 16.6 Å². The van der Waals surface area contributed by atoms with Gasteiger partial charge in [-0.3, -0.25) is 4.79 Å². The van der Waals surface area contributed by atoms with Crippen molar-refractivity contribution in [2.24, 2.45) is 0 Å². The highest BCUT2D eigenvalue weighted by Crippen LogP contribution is 2.28. The highest BCUT2D eigenvalue weighted by Gasteiger charge is 2.28. The smallest absolute Gasteiger partial charge is 0.261 e. The molecule has 1 aliphatic rings. The second-order valence-electron chi connectivity index (χ2n) is 6.60. The van der Waals surface area contributed by atoms with E-state index in [1.54, 1.807) is 0 Å². The van der Waals surface area contributed by atoms with Crippen molar-refractivity contribution in [3.8, 4) is 5.75 Å². The van der Waals surface area contributed by atoms with Crippen LogP contribution in [0.1, 0.15) is 29.3 Å². The third-order valence-corrected chi connectivity index (χ3v) is 4.99. The van der Waals surface area contributed by atoms with Crippen molar-refractivity contribution in [2.75, 3.05) is 0 Å². The number of H-pyrrole nitrogens is 1. The largest absolute Gasteiger partial charge is 0.480 e. The molecule has 0 bridgehead atoms. The molecule has 0 aliphatic carbocycles. The lowest BCUT2D eigenvalue weighted by Gasteiger charge is -2.11. The molecule has 2 heterocycles. The van der Waals surface area contributed by atoms with Crippen molar-refractivity contribution in [3.63, 3.8) is 0 Å². The summed E-state index contributed by atoms with van der Waals surface area (Å²) in [5, 5.41) is 4.24. The van der Waals surface area contributed by atoms with Crippen LogP contribution in [0, 0.1) is 6.92 Å². The number of para-hydroxylation sites is 1. The Labute approximate surface area is 147 Å². The lowest BCUT2D eigenvalue weighted by atomic mass is 10.1. The van der Waals surface area contributed by atoms with Crippen LogP contribution < -0.4 is 10.1 Å². The maximum Gasteiger partial charge on any atom is 0.261 e. The van der Waals surface area contributed by atoms with Crippen LogP contribution in [0.5, 0.6) is 5.75 Å². The van der Waals surface area contributed by atoms with Crippen molar-refractivity contribution < 1.29 is 9.53 Å². The fourth-order valence-corrected chi connectivity index (χ4v) is 3.52. The topological polar surface area (TPSA) is 54.1 Å². The maximum absolute atomic E-state index is 12.4. The van der Waals surface area contributed by atoms with Crippen molar-refractivity contribution in [1.82, 2.24) is 10.3 Å². The number of amides is 1.